The average molecular weight is 419 g/mol. The van der Waals surface area contributed by atoms with Gasteiger partial charge in [-0.05, 0) is 49.4 Å². The van der Waals surface area contributed by atoms with Crippen molar-refractivity contribution in [3.8, 4) is 5.75 Å². The molecule has 0 spiro atoms. The lowest BCUT2D eigenvalue weighted by atomic mass is 10.2. The van der Waals surface area contributed by atoms with Crippen LogP contribution < -0.4 is 10.1 Å². The van der Waals surface area contributed by atoms with Crippen molar-refractivity contribution in [3.63, 3.8) is 0 Å². The summed E-state index contributed by atoms with van der Waals surface area (Å²) in [4.78, 5) is 17.9. The standard InChI is InChI=1S/C21H27ClN4O3/c1-25-19(13-18(24-25)16-5-6-16)21(27)23-14-15-4-7-20(17(22)12-15)28-10-2-8-26-9-3-11-29-26/h4,7,12-13,16H,2-3,5-6,8-11,14H2,1H3,(H,23,27). The van der Waals surface area contributed by atoms with Crippen molar-refractivity contribution in [2.24, 2.45) is 7.05 Å². The highest BCUT2D eigenvalue weighted by Crippen LogP contribution is 2.39. The molecule has 0 unspecified atom stereocenters. The third kappa shape index (κ3) is 5.29. The molecule has 1 aliphatic heterocycles. The first-order valence-electron chi connectivity index (χ1n) is 10.2. The summed E-state index contributed by atoms with van der Waals surface area (Å²) >= 11 is 6.35. The molecule has 1 aromatic heterocycles. The molecule has 4 rings (SSSR count). The first-order chi connectivity index (χ1) is 14.1. The van der Waals surface area contributed by atoms with Gasteiger partial charge in [-0.25, -0.2) is 0 Å². The molecule has 8 heteroatoms. The van der Waals surface area contributed by atoms with Crippen LogP contribution in [0.15, 0.2) is 24.3 Å². The summed E-state index contributed by atoms with van der Waals surface area (Å²) in [6, 6.07) is 7.50. The lowest BCUT2D eigenvalue weighted by Crippen LogP contribution is -2.25. The minimum absolute atomic E-state index is 0.132. The van der Waals surface area contributed by atoms with Crippen molar-refractivity contribution >= 4 is 17.5 Å². The number of carbonyl (C=O) groups is 1. The van der Waals surface area contributed by atoms with Crippen molar-refractivity contribution in [2.45, 2.75) is 38.1 Å². The highest BCUT2D eigenvalue weighted by molar-refractivity contribution is 6.32. The first-order valence-corrected chi connectivity index (χ1v) is 10.6. The fourth-order valence-corrected chi connectivity index (χ4v) is 3.68. The van der Waals surface area contributed by atoms with Crippen LogP contribution in [0.3, 0.4) is 0 Å². The molecule has 1 saturated heterocycles. The Bertz CT molecular complexity index is 860. The summed E-state index contributed by atoms with van der Waals surface area (Å²) in [6.45, 7) is 3.64. The van der Waals surface area contributed by atoms with Crippen molar-refractivity contribution in [1.29, 1.82) is 0 Å². The van der Waals surface area contributed by atoms with Crippen LogP contribution in [0.5, 0.6) is 5.75 Å². The monoisotopic (exact) mass is 418 g/mol. The van der Waals surface area contributed by atoms with Gasteiger partial charge in [-0.1, -0.05) is 17.7 Å². The van der Waals surface area contributed by atoms with Gasteiger partial charge in [0, 0.05) is 32.6 Å². The summed E-state index contributed by atoms with van der Waals surface area (Å²) in [6.07, 6.45) is 4.29. The van der Waals surface area contributed by atoms with Gasteiger partial charge in [0.1, 0.15) is 11.4 Å². The van der Waals surface area contributed by atoms with E-state index in [0.717, 1.165) is 56.6 Å². The van der Waals surface area contributed by atoms with Crippen LogP contribution in [-0.4, -0.2) is 47.1 Å². The molecule has 2 fully saturated rings. The second kappa shape index (κ2) is 9.15. The Morgan fingerprint density at radius 3 is 2.97 bits per heavy atom. The molecule has 2 aromatic rings. The van der Waals surface area contributed by atoms with E-state index >= 15 is 0 Å². The van der Waals surface area contributed by atoms with Gasteiger partial charge in [-0.3, -0.25) is 14.3 Å². The summed E-state index contributed by atoms with van der Waals surface area (Å²) < 4.78 is 7.43. The fraction of sp³-hybridized carbons (Fsp3) is 0.524. The molecule has 156 valence electrons. The molecule has 2 aliphatic rings. The molecule has 0 bridgehead atoms. The molecular weight excluding hydrogens is 392 g/mol. The largest absolute Gasteiger partial charge is 0.492 e. The Morgan fingerprint density at radius 2 is 2.24 bits per heavy atom. The number of halogens is 1. The second-order valence-electron chi connectivity index (χ2n) is 7.62. The summed E-state index contributed by atoms with van der Waals surface area (Å²) in [5.41, 5.74) is 2.52. The number of hydrogen-bond acceptors (Lipinski definition) is 5. The lowest BCUT2D eigenvalue weighted by Gasteiger charge is -2.14. The molecule has 0 radical (unpaired) electrons. The quantitative estimate of drug-likeness (QED) is 0.633. The third-order valence-corrected chi connectivity index (χ3v) is 5.51. The van der Waals surface area contributed by atoms with Crippen LogP contribution in [0.4, 0.5) is 0 Å². The van der Waals surface area contributed by atoms with E-state index in [1.54, 1.807) is 11.7 Å². The van der Waals surface area contributed by atoms with Gasteiger partial charge in [0.05, 0.1) is 23.9 Å². The molecule has 2 heterocycles. The Labute approximate surface area is 175 Å². The Morgan fingerprint density at radius 1 is 1.38 bits per heavy atom. The maximum absolute atomic E-state index is 12.5. The van der Waals surface area contributed by atoms with Crippen LogP contribution in [-0.2, 0) is 18.4 Å². The number of ether oxygens (including phenoxy) is 1. The first kappa shape index (κ1) is 20.2. The number of amides is 1. The number of rotatable bonds is 9. The van der Waals surface area contributed by atoms with Gasteiger partial charge in [0.2, 0.25) is 0 Å². The number of nitrogens with zero attached hydrogens (tertiary/aromatic N) is 3. The molecule has 1 aliphatic carbocycles. The van der Waals surface area contributed by atoms with Crippen LogP contribution in [0, 0.1) is 0 Å². The van der Waals surface area contributed by atoms with E-state index in [9.17, 15) is 4.79 Å². The van der Waals surface area contributed by atoms with Crippen molar-refractivity contribution in [3.05, 3.63) is 46.2 Å². The smallest absolute Gasteiger partial charge is 0.269 e. The van der Waals surface area contributed by atoms with Gasteiger partial charge in [-0.2, -0.15) is 10.2 Å². The van der Waals surface area contributed by atoms with E-state index in [0.29, 0.717) is 35.5 Å². The highest BCUT2D eigenvalue weighted by atomic mass is 35.5. The van der Waals surface area contributed by atoms with Crippen molar-refractivity contribution in [1.82, 2.24) is 20.2 Å². The lowest BCUT2D eigenvalue weighted by molar-refractivity contribution is -0.111. The second-order valence-corrected chi connectivity index (χ2v) is 8.02. The third-order valence-electron chi connectivity index (χ3n) is 5.21. The van der Waals surface area contributed by atoms with Crippen LogP contribution in [0.2, 0.25) is 5.02 Å². The molecule has 1 aromatic carbocycles. The molecule has 1 amide bonds. The maximum Gasteiger partial charge on any atom is 0.269 e. The number of hydroxylamine groups is 2. The Balaban J connectivity index is 1.24. The number of nitrogens with one attached hydrogen (secondary N) is 1. The SMILES string of the molecule is Cn1nc(C2CC2)cc1C(=O)NCc1ccc(OCCCN2CCCO2)c(Cl)c1. The number of aryl methyl sites for hydroxylation is 1. The van der Waals surface area contributed by atoms with Crippen LogP contribution >= 0.6 is 11.6 Å². The number of carbonyl (C=O) groups excluding carboxylic acids is 1. The zero-order chi connectivity index (χ0) is 20.2. The van der Waals surface area contributed by atoms with E-state index in [2.05, 4.69) is 10.4 Å². The summed E-state index contributed by atoms with van der Waals surface area (Å²) in [5.74, 6) is 1.05. The normalized spacial score (nSPS) is 16.9. The molecule has 0 atom stereocenters. The zero-order valence-electron chi connectivity index (χ0n) is 16.7. The van der Waals surface area contributed by atoms with Gasteiger partial charge in [0.25, 0.3) is 5.91 Å². The molecule has 1 saturated carbocycles. The zero-order valence-corrected chi connectivity index (χ0v) is 17.5. The summed E-state index contributed by atoms with van der Waals surface area (Å²) in [7, 11) is 1.81. The topological polar surface area (TPSA) is 68.6 Å². The van der Waals surface area contributed by atoms with Gasteiger partial charge in [-0.15, -0.1) is 0 Å². The van der Waals surface area contributed by atoms with Crippen molar-refractivity contribution in [2.75, 3.05) is 26.3 Å². The van der Waals surface area contributed by atoms with E-state index in [1.807, 2.05) is 29.3 Å². The minimum Gasteiger partial charge on any atom is -0.492 e. The Kier molecular flexibility index (Phi) is 6.37. The number of benzene rings is 1. The van der Waals surface area contributed by atoms with E-state index < -0.39 is 0 Å². The van der Waals surface area contributed by atoms with Gasteiger partial charge >= 0.3 is 0 Å². The predicted octanol–water partition coefficient (Wildman–Crippen LogP) is 3.29. The summed E-state index contributed by atoms with van der Waals surface area (Å²) in [5, 5.41) is 9.91. The molecular formula is C21H27ClN4O3. The van der Waals surface area contributed by atoms with E-state index in [1.165, 1.54) is 0 Å². The van der Waals surface area contributed by atoms with Crippen molar-refractivity contribution < 1.29 is 14.4 Å². The van der Waals surface area contributed by atoms with Crippen LogP contribution in [0.25, 0.3) is 0 Å². The molecule has 1 N–H and O–H groups in total. The van der Waals surface area contributed by atoms with Gasteiger partial charge in [0.15, 0.2) is 0 Å². The predicted molar refractivity (Wildman–Crippen MR) is 110 cm³/mol. The van der Waals surface area contributed by atoms with E-state index in [-0.39, 0.29) is 5.91 Å². The number of hydrogen-bond donors (Lipinski definition) is 1. The minimum atomic E-state index is -0.132. The molecule has 7 nitrogen and oxygen atoms in total. The maximum atomic E-state index is 12.5. The highest BCUT2D eigenvalue weighted by Gasteiger charge is 2.28. The Hall–Kier alpha value is -2.09. The molecule has 29 heavy (non-hydrogen) atoms. The fourth-order valence-electron chi connectivity index (χ4n) is 3.42. The van der Waals surface area contributed by atoms with E-state index in [4.69, 9.17) is 21.2 Å². The van der Waals surface area contributed by atoms with Crippen LogP contribution in [0.1, 0.15) is 53.3 Å². The number of aromatic nitrogens is 2. The average Bonchev–Trinajstić information content (AvgIpc) is 3.29. The van der Waals surface area contributed by atoms with Gasteiger partial charge < -0.3 is 10.1 Å².